The molecule has 46 heavy (non-hydrogen) atoms. The molecule has 0 heterocycles. The van der Waals surface area contributed by atoms with E-state index in [2.05, 4.69) is 31.3 Å². The summed E-state index contributed by atoms with van der Waals surface area (Å²) in [7, 11) is 1.25. The molecule has 0 bridgehead atoms. The lowest BCUT2D eigenvalue weighted by Crippen LogP contribution is -2.45. The highest BCUT2D eigenvalue weighted by molar-refractivity contribution is 7.45. The SMILES string of the molecule is CCC/C=C\CCCCCCCC(=O)NC(COP(=O)([O-])OCC[N+](C)(C)C)C(O)/C=C/CCCCCCCCCCCCCC. The van der Waals surface area contributed by atoms with Crippen LogP contribution in [-0.4, -0.2) is 68.5 Å². The van der Waals surface area contributed by atoms with Crippen molar-refractivity contribution in [1.82, 2.24) is 5.32 Å². The van der Waals surface area contributed by atoms with Gasteiger partial charge in [-0.1, -0.05) is 134 Å². The number of rotatable bonds is 33. The summed E-state index contributed by atoms with van der Waals surface area (Å²) in [5.41, 5.74) is 0. The highest BCUT2D eigenvalue weighted by Gasteiger charge is 2.23. The minimum absolute atomic E-state index is 0.00215. The lowest BCUT2D eigenvalue weighted by Gasteiger charge is -2.29. The van der Waals surface area contributed by atoms with Gasteiger partial charge in [-0.25, -0.2) is 0 Å². The molecular formula is C37H73N2O6P. The summed E-state index contributed by atoms with van der Waals surface area (Å²) in [5.74, 6) is -0.212. The Morgan fingerprint density at radius 2 is 1.24 bits per heavy atom. The summed E-state index contributed by atoms with van der Waals surface area (Å²) < 4.78 is 23.0. The van der Waals surface area contributed by atoms with Gasteiger partial charge in [0.15, 0.2) is 0 Å². The molecular weight excluding hydrogens is 599 g/mol. The summed E-state index contributed by atoms with van der Waals surface area (Å²) in [6.07, 6.45) is 32.2. The van der Waals surface area contributed by atoms with Gasteiger partial charge in [0.05, 0.1) is 39.9 Å². The Morgan fingerprint density at radius 3 is 1.78 bits per heavy atom. The van der Waals surface area contributed by atoms with Crippen LogP contribution in [0, 0.1) is 0 Å². The first-order valence-electron chi connectivity index (χ1n) is 18.7. The highest BCUT2D eigenvalue weighted by Crippen LogP contribution is 2.38. The van der Waals surface area contributed by atoms with Gasteiger partial charge >= 0.3 is 0 Å². The van der Waals surface area contributed by atoms with Crippen LogP contribution in [0.3, 0.4) is 0 Å². The first kappa shape index (κ1) is 45.0. The van der Waals surface area contributed by atoms with Crippen molar-refractivity contribution in [3.8, 4) is 0 Å². The molecule has 0 aromatic carbocycles. The van der Waals surface area contributed by atoms with E-state index < -0.39 is 20.0 Å². The van der Waals surface area contributed by atoms with Crippen LogP contribution in [0.25, 0.3) is 0 Å². The minimum Gasteiger partial charge on any atom is -0.756 e. The molecule has 0 radical (unpaired) electrons. The minimum atomic E-state index is -4.57. The van der Waals surface area contributed by atoms with Crippen LogP contribution in [0.1, 0.15) is 155 Å². The maximum absolute atomic E-state index is 12.7. The zero-order valence-corrected chi connectivity index (χ0v) is 31.4. The molecule has 0 aromatic rings. The summed E-state index contributed by atoms with van der Waals surface area (Å²) >= 11 is 0. The number of hydrogen-bond donors (Lipinski definition) is 2. The largest absolute Gasteiger partial charge is 0.756 e. The number of carbonyl (C=O) groups excluding carboxylic acids is 1. The van der Waals surface area contributed by atoms with Crippen molar-refractivity contribution in [2.75, 3.05) is 40.9 Å². The zero-order chi connectivity index (χ0) is 34.4. The fourth-order valence-corrected chi connectivity index (χ4v) is 5.82. The molecule has 3 atom stereocenters. The third-order valence-electron chi connectivity index (χ3n) is 8.14. The van der Waals surface area contributed by atoms with E-state index in [4.69, 9.17) is 9.05 Å². The normalized spacial score (nSPS) is 15.0. The second kappa shape index (κ2) is 30.1. The molecule has 1 amide bonds. The van der Waals surface area contributed by atoms with Gasteiger partial charge in [0.25, 0.3) is 7.82 Å². The van der Waals surface area contributed by atoms with E-state index in [1.807, 2.05) is 27.2 Å². The molecule has 2 N–H and O–H groups in total. The van der Waals surface area contributed by atoms with Crippen molar-refractivity contribution in [2.45, 2.75) is 167 Å². The predicted octanol–water partition coefficient (Wildman–Crippen LogP) is 8.77. The van der Waals surface area contributed by atoms with E-state index in [1.165, 1.54) is 70.6 Å². The monoisotopic (exact) mass is 673 g/mol. The number of aliphatic hydroxyl groups is 1. The Kier molecular flexibility index (Phi) is 29.4. The molecule has 0 spiro atoms. The summed E-state index contributed by atoms with van der Waals surface area (Å²) in [6.45, 7) is 4.55. The van der Waals surface area contributed by atoms with Crippen LogP contribution < -0.4 is 10.2 Å². The van der Waals surface area contributed by atoms with Gasteiger partial charge in [-0.05, 0) is 38.5 Å². The zero-order valence-electron chi connectivity index (χ0n) is 30.5. The first-order valence-corrected chi connectivity index (χ1v) is 20.2. The fraction of sp³-hybridized carbons (Fsp3) is 0.865. The lowest BCUT2D eigenvalue weighted by molar-refractivity contribution is -0.870. The van der Waals surface area contributed by atoms with Gasteiger partial charge in [0.1, 0.15) is 13.2 Å². The quantitative estimate of drug-likeness (QED) is 0.0312. The van der Waals surface area contributed by atoms with Crippen molar-refractivity contribution >= 4 is 13.7 Å². The maximum Gasteiger partial charge on any atom is 0.268 e. The Balaban J connectivity index is 4.56. The van der Waals surface area contributed by atoms with Crippen LogP contribution in [0.5, 0.6) is 0 Å². The van der Waals surface area contributed by atoms with Crippen molar-refractivity contribution < 1.29 is 32.9 Å². The van der Waals surface area contributed by atoms with Crippen LogP contribution >= 0.6 is 7.82 Å². The number of phosphoric ester groups is 1. The summed E-state index contributed by atoms with van der Waals surface area (Å²) in [6, 6.07) is -0.884. The van der Waals surface area contributed by atoms with Crippen LogP contribution in [0.15, 0.2) is 24.3 Å². The molecule has 0 aliphatic heterocycles. The molecule has 0 aliphatic carbocycles. The molecule has 0 aromatic heterocycles. The van der Waals surface area contributed by atoms with Gasteiger partial charge in [-0.15, -0.1) is 0 Å². The smallest absolute Gasteiger partial charge is 0.268 e. The molecule has 3 unspecified atom stereocenters. The number of phosphoric acid groups is 1. The molecule has 0 rings (SSSR count). The molecule has 8 nitrogen and oxygen atoms in total. The highest BCUT2D eigenvalue weighted by atomic mass is 31.2. The predicted molar refractivity (Wildman–Crippen MR) is 192 cm³/mol. The van der Waals surface area contributed by atoms with Crippen LogP contribution in [0.2, 0.25) is 0 Å². The van der Waals surface area contributed by atoms with E-state index in [-0.39, 0.29) is 19.1 Å². The number of quaternary nitrogens is 1. The molecule has 0 fully saturated rings. The Morgan fingerprint density at radius 1 is 0.739 bits per heavy atom. The van der Waals surface area contributed by atoms with E-state index in [1.54, 1.807) is 6.08 Å². The van der Waals surface area contributed by atoms with Gasteiger partial charge in [-0.3, -0.25) is 9.36 Å². The first-order chi connectivity index (χ1) is 22.0. The number of likely N-dealkylation sites (N-methyl/N-ethyl adjacent to an activating group) is 1. The standard InChI is InChI=1S/C37H73N2O6P/c1-6-8-10-12-14-16-18-19-20-21-22-24-26-28-30-36(40)35(34-45-46(42,43)44-33-32-39(3,4)5)38-37(41)31-29-27-25-23-17-15-13-11-9-7-2/h11,13,28,30,35-36,40H,6-10,12,14-27,29,31-34H2,1-5H3,(H-,38,41,42,43)/b13-11-,30-28+. The number of amides is 1. The third kappa shape index (κ3) is 31.6. The number of unbranched alkanes of at least 4 members (excludes halogenated alkanes) is 18. The summed E-state index contributed by atoms with van der Waals surface area (Å²) in [4.78, 5) is 25.1. The number of allylic oxidation sites excluding steroid dienone is 3. The number of carbonyl (C=O) groups is 1. The Hall–Kier alpha value is -1.02. The fourth-order valence-electron chi connectivity index (χ4n) is 5.09. The maximum atomic E-state index is 12.7. The van der Waals surface area contributed by atoms with Gasteiger partial charge < -0.3 is 28.8 Å². The van der Waals surface area contributed by atoms with Crippen LogP contribution in [-0.2, 0) is 18.4 Å². The van der Waals surface area contributed by atoms with E-state index in [9.17, 15) is 19.4 Å². The second-order valence-electron chi connectivity index (χ2n) is 13.9. The number of nitrogens with zero attached hydrogens (tertiary/aromatic N) is 1. The average molecular weight is 673 g/mol. The molecule has 0 saturated heterocycles. The Labute approximate surface area is 284 Å². The third-order valence-corrected chi connectivity index (χ3v) is 9.10. The van der Waals surface area contributed by atoms with E-state index in [0.29, 0.717) is 17.4 Å². The molecule has 0 aliphatic rings. The number of hydrogen-bond acceptors (Lipinski definition) is 6. The summed E-state index contributed by atoms with van der Waals surface area (Å²) in [5, 5.41) is 13.7. The van der Waals surface area contributed by atoms with Crippen molar-refractivity contribution in [1.29, 1.82) is 0 Å². The van der Waals surface area contributed by atoms with Gasteiger partial charge in [0, 0.05) is 6.42 Å². The lowest BCUT2D eigenvalue weighted by atomic mass is 10.0. The van der Waals surface area contributed by atoms with Crippen molar-refractivity contribution in [3.05, 3.63) is 24.3 Å². The van der Waals surface area contributed by atoms with Gasteiger partial charge in [-0.2, -0.15) is 0 Å². The Bertz CT molecular complexity index is 814. The molecule has 9 heteroatoms. The topological polar surface area (TPSA) is 108 Å². The van der Waals surface area contributed by atoms with E-state index in [0.717, 1.165) is 64.2 Å². The van der Waals surface area contributed by atoms with Crippen molar-refractivity contribution in [3.63, 3.8) is 0 Å². The number of nitrogens with one attached hydrogen (secondary N) is 1. The number of aliphatic hydroxyl groups excluding tert-OH is 1. The van der Waals surface area contributed by atoms with Crippen LogP contribution in [0.4, 0.5) is 0 Å². The van der Waals surface area contributed by atoms with Crippen molar-refractivity contribution in [2.24, 2.45) is 0 Å². The molecule has 0 saturated carbocycles. The second-order valence-corrected chi connectivity index (χ2v) is 15.3. The average Bonchev–Trinajstić information content (AvgIpc) is 2.99. The molecule has 272 valence electrons. The van der Waals surface area contributed by atoms with E-state index >= 15 is 0 Å². The van der Waals surface area contributed by atoms with Gasteiger partial charge in [0.2, 0.25) is 5.91 Å².